The van der Waals surface area contributed by atoms with Crippen molar-refractivity contribution < 1.29 is 13.2 Å². The third-order valence-corrected chi connectivity index (χ3v) is 3.22. The molecule has 2 amide bonds. The van der Waals surface area contributed by atoms with Crippen LogP contribution in [0.1, 0.15) is 20.3 Å². The molecule has 7 heteroatoms. The van der Waals surface area contributed by atoms with Crippen LogP contribution in [0.5, 0.6) is 0 Å². The maximum Gasteiger partial charge on any atom is 0.329 e. The van der Waals surface area contributed by atoms with E-state index in [0.717, 1.165) is 6.42 Å². The maximum atomic E-state index is 11.6. The Labute approximate surface area is 113 Å². The van der Waals surface area contributed by atoms with Crippen molar-refractivity contribution >= 4 is 21.9 Å². The van der Waals surface area contributed by atoms with Gasteiger partial charge in [-0.05, 0) is 24.5 Å². The summed E-state index contributed by atoms with van der Waals surface area (Å²) in [7, 11) is -3.90. The fourth-order valence-electron chi connectivity index (χ4n) is 1.32. The van der Waals surface area contributed by atoms with E-state index in [-0.39, 0.29) is 0 Å². The molecule has 0 saturated heterocycles. The molecule has 19 heavy (non-hydrogen) atoms. The molecule has 0 saturated carbocycles. The zero-order valence-electron chi connectivity index (χ0n) is 11.0. The van der Waals surface area contributed by atoms with Crippen LogP contribution in [0.15, 0.2) is 30.3 Å². The molecule has 1 aromatic carbocycles. The van der Waals surface area contributed by atoms with Crippen LogP contribution in [-0.2, 0) is 10.2 Å². The molecule has 0 aliphatic carbocycles. The average molecular weight is 285 g/mol. The van der Waals surface area contributed by atoms with E-state index in [9.17, 15) is 13.2 Å². The topological polar surface area (TPSA) is 87.3 Å². The third-order valence-electron chi connectivity index (χ3n) is 2.26. The number of carbonyl (C=O) groups excluding carboxylic acids is 1. The maximum absolute atomic E-state index is 11.6. The molecule has 0 unspecified atom stereocenters. The number of carbonyl (C=O) groups is 1. The summed E-state index contributed by atoms with van der Waals surface area (Å²) in [6.45, 7) is 4.48. The molecular formula is C12H19N3O3S. The molecule has 0 aliphatic heterocycles. The molecule has 6 nitrogen and oxygen atoms in total. The second kappa shape index (κ2) is 6.98. The highest BCUT2D eigenvalue weighted by molar-refractivity contribution is 7.91. The molecule has 3 N–H and O–H groups in total. The average Bonchev–Trinajstić information content (AvgIpc) is 2.28. The van der Waals surface area contributed by atoms with E-state index in [1.54, 1.807) is 30.3 Å². The SMILES string of the molecule is CC(C)CCNC(=O)NS(=O)(=O)Nc1ccccc1. The molecule has 106 valence electrons. The molecule has 0 bridgehead atoms. The van der Waals surface area contributed by atoms with Gasteiger partial charge in [-0.1, -0.05) is 32.0 Å². The highest BCUT2D eigenvalue weighted by atomic mass is 32.2. The van der Waals surface area contributed by atoms with Crippen molar-refractivity contribution in [1.29, 1.82) is 0 Å². The van der Waals surface area contributed by atoms with Gasteiger partial charge in [0, 0.05) is 6.54 Å². The first-order valence-electron chi connectivity index (χ1n) is 6.02. The van der Waals surface area contributed by atoms with Gasteiger partial charge in [-0.15, -0.1) is 0 Å². The van der Waals surface area contributed by atoms with Crippen molar-refractivity contribution in [2.75, 3.05) is 11.3 Å². The van der Waals surface area contributed by atoms with Crippen LogP contribution in [0.3, 0.4) is 0 Å². The molecule has 0 aliphatic rings. The first-order chi connectivity index (χ1) is 8.89. The molecule has 0 radical (unpaired) electrons. The van der Waals surface area contributed by atoms with Gasteiger partial charge < -0.3 is 5.32 Å². The lowest BCUT2D eigenvalue weighted by Gasteiger charge is -2.11. The minimum atomic E-state index is -3.90. The summed E-state index contributed by atoms with van der Waals surface area (Å²) in [6.07, 6.45) is 0.791. The van der Waals surface area contributed by atoms with Crippen molar-refractivity contribution in [3.63, 3.8) is 0 Å². The summed E-state index contributed by atoms with van der Waals surface area (Å²) in [6, 6.07) is 7.61. The van der Waals surface area contributed by atoms with Crippen molar-refractivity contribution in [2.24, 2.45) is 5.92 Å². The minimum absolute atomic E-state index is 0.394. The second-order valence-corrected chi connectivity index (χ2v) is 5.93. The number of urea groups is 1. The van der Waals surface area contributed by atoms with Gasteiger partial charge in [0.15, 0.2) is 0 Å². The number of amides is 2. The normalized spacial score (nSPS) is 11.1. The molecule has 0 aromatic heterocycles. The van der Waals surface area contributed by atoms with Crippen LogP contribution in [0, 0.1) is 5.92 Å². The Morgan fingerprint density at radius 3 is 2.42 bits per heavy atom. The first kappa shape index (κ1) is 15.3. The lowest BCUT2D eigenvalue weighted by molar-refractivity contribution is 0.245. The number of para-hydroxylation sites is 1. The monoisotopic (exact) mass is 285 g/mol. The lowest BCUT2D eigenvalue weighted by Crippen LogP contribution is -2.42. The fraction of sp³-hybridized carbons (Fsp3) is 0.417. The summed E-state index contributed by atoms with van der Waals surface area (Å²) in [5, 5.41) is 2.49. The van der Waals surface area contributed by atoms with E-state index in [0.29, 0.717) is 18.2 Å². The summed E-state index contributed by atoms with van der Waals surface area (Å²) in [5.41, 5.74) is 0.394. The van der Waals surface area contributed by atoms with Gasteiger partial charge in [0.2, 0.25) is 0 Å². The van der Waals surface area contributed by atoms with Gasteiger partial charge in [0.05, 0.1) is 5.69 Å². The van der Waals surface area contributed by atoms with Crippen LogP contribution < -0.4 is 14.8 Å². The number of rotatable bonds is 6. The first-order valence-corrected chi connectivity index (χ1v) is 7.51. The predicted molar refractivity (Wildman–Crippen MR) is 75.0 cm³/mol. The lowest BCUT2D eigenvalue weighted by atomic mass is 10.1. The largest absolute Gasteiger partial charge is 0.337 e. The van der Waals surface area contributed by atoms with Crippen LogP contribution in [0.2, 0.25) is 0 Å². The Balaban J connectivity index is 2.44. The van der Waals surface area contributed by atoms with Crippen LogP contribution >= 0.6 is 0 Å². The molecule has 1 aromatic rings. The van der Waals surface area contributed by atoms with Gasteiger partial charge in [-0.3, -0.25) is 4.72 Å². The quantitative estimate of drug-likeness (QED) is 0.743. The van der Waals surface area contributed by atoms with E-state index in [1.165, 1.54) is 0 Å². The highest BCUT2D eigenvalue weighted by Crippen LogP contribution is 2.06. The van der Waals surface area contributed by atoms with Gasteiger partial charge in [-0.25, -0.2) is 9.52 Å². The Morgan fingerprint density at radius 1 is 1.21 bits per heavy atom. The highest BCUT2D eigenvalue weighted by Gasteiger charge is 2.13. The van der Waals surface area contributed by atoms with E-state index in [4.69, 9.17) is 0 Å². The van der Waals surface area contributed by atoms with Gasteiger partial charge in [-0.2, -0.15) is 8.42 Å². The molecule has 1 rings (SSSR count). The number of hydrogen-bond acceptors (Lipinski definition) is 3. The van der Waals surface area contributed by atoms with Crippen molar-refractivity contribution in [3.8, 4) is 0 Å². The molecule has 0 atom stereocenters. The minimum Gasteiger partial charge on any atom is -0.337 e. The zero-order chi connectivity index (χ0) is 14.3. The van der Waals surface area contributed by atoms with Gasteiger partial charge in [0.25, 0.3) is 0 Å². The van der Waals surface area contributed by atoms with E-state index in [2.05, 4.69) is 10.0 Å². The molecule has 0 fully saturated rings. The number of hydrogen-bond donors (Lipinski definition) is 3. The standard InChI is InChI=1S/C12H19N3O3S/c1-10(2)8-9-13-12(16)15-19(17,18)14-11-6-4-3-5-7-11/h3-7,10,14H,8-9H2,1-2H3,(H2,13,15,16). The summed E-state index contributed by atoms with van der Waals surface area (Å²) >= 11 is 0. The van der Waals surface area contributed by atoms with Crippen molar-refractivity contribution in [2.45, 2.75) is 20.3 Å². The number of benzene rings is 1. The van der Waals surface area contributed by atoms with Crippen LogP contribution in [-0.4, -0.2) is 21.0 Å². The Bertz CT molecular complexity index is 500. The van der Waals surface area contributed by atoms with Crippen molar-refractivity contribution in [1.82, 2.24) is 10.0 Å². The smallest absolute Gasteiger partial charge is 0.329 e. The summed E-state index contributed by atoms with van der Waals surface area (Å²) in [5.74, 6) is 0.444. The van der Waals surface area contributed by atoms with Gasteiger partial charge >= 0.3 is 16.2 Å². The molecule has 0 heterocycles. The zero-order valence-corrected chi connectivity index (χ0v) is 11.8. The van der Waals surface area contributed by atoms with Crippen LogP contribution in [0.25, 0.3) is 0 Å². The molecule has 0 spiro atoms. The Morgan fingerprint density at radius 2 is 1.84 bits per heavy atom. The Kier molecular flexibility index (Phi) is 5.62. The molecular weight excluding hydrogens is 266 g/mol. The number of nitrogens with one attached hydrogen (secondary N) is 3. The van der Waals surface area contributed by atoms with Crippen LogP contribution in [0.4, 0.5) is 10.5 Å². The summed E-state index contributed by atoms with van der Waals surface area (Å²) in [4.78, 5) is 11.4. The van der Waals surface area contributed by atoms with Gasteiger partial charge in [0.1, 0.15) is 0 Å². The fourth-order valence-corrected chi connectivity index (χ4v) is 2.13. The van der Waals surface area contributed by atoms with Crippen molar-refractivity contribution in [3.05, 3.63) is 30.3 Å². The Hall–Kier alpha value is -1.76. The number of anilines is 1. The predicted octanol–water partition coefficient (Wildman–Crippen LogP) is 1.69. The van der Waals surface area contributed by atoms with E-state index >= 15 is 0 Å². The van der Waals surface area contributed by atoms with E-state index in [1.807, 2.05) is 18.6 Å². The van der Waals surface area contributed by atoms with E-state index < -0.39 is 16.2 Å². The summed E-state index contributed by atoms with van der Waals surface area (Å²) < 4.78 is 27.4. The third kappa shape index (κ3) is 6.66. The second-order valence-electron chi connectivity index (χ2n) is 4.51.